The van der Waals surface area contributed by atoms with E-state index in [1.807, 2.05) is 36.4 Å². The van der Waals surface area contributed by atoms with E-state index in [0.29, 0.717) is 23.7 Å². The SMILES string of the molecule is C=CCOc1ccc(C(=O)NNC(=O)COc2ccc3ccccc3c2)cc1. The molecule has 0 unspecified atom stereocenters. The van der Waals surface area contributed by atoms with Crippen LogP contribution in [0.3, 0.4) is 0 Å². The molecule has 0 bridgehead atoms. The molecule has 3 aromatic rings. The number of benzene rings is 3. The summed E-state index contributed by atoms with van der Waals surface area (Å²) in [6.07, 6.45) is 1.64. The highest BCUT2D eigenvalue weighted by atomic mass is 16.5. The van der Waals surface area contributed by atoms with Crippen molar-refractivity contribution in [2.24, 2.45) is 0 Å². The molecule has 2 N–H and O–H groups in total. The van der Waals surface area contributed by atoms with E-state index in [-0.39, 0.29) is 6.61 Å². The minimum atomic E-state index is -0.465. The van der Waals surface area contributed by atoms with Crippen molar-refractivity contribution in [3.8, 4) is 11.5 Å². The third-order valence-electron chi connectivity index (χ3n) is 3.89. The van der Waals surface area contributed by atoms with Gasteiger partial charge in [-0.3, -0.25) is 20.4 Å². The number of hydrogen-bond acceptors (Lipinski definition) is 4. The second-order valence-corrected chi connectivity index (χ2v) is 5.92. The molecule has 0 spiro atoms. The van der Waals surface area contributed by atoms with Crippen LogP contribution in [0, 0.1) is 0 Å². The van der Waals surface area contributed by atoms with Crippen LogP contribution in [0.5, 0.6) is 11.5 Å². The van der Waals surface area contributed by atoms with Gasteiger partial charge in [-0.1, -0.05) is 43.0 Å². The Bertz CT molecular complexity index is 983. The fraction of sp³-hybridized carbons (Fsp3) is 0.0909. The summed E-state index contributed by atoms with van der Waals surface area (Å²) >= 11 is 0. The quantitative estimate of drug-likeness (QED) is 0.490. The van der Waals surface area contributed by atoms with Crippen LogP contribution in [0.15, 0.2) is 79.4 Å². The lowest BCUT2D eigenvalue weighted by Gasteiger charge is -2.10. The summed E-state index contributed by atoms with van der Waals surface area (Å²) in [4.78, 5) is 24.0. The molecular weight excluding hydrogens is 356 g/mol. The Hall–Kier alpha value is -3.80. The Morgan fingerprint density at radius 1 is 0.857 bits per heavy atom. The van der Waals surface area contributed by atoms with Crippen LogP contribution < -0.4 is 20.3 Å². The normalized spacial score (nSPS) is 10.1. The molecule has 0 atom stereocenters. The van der Waals surface area contributed by atoms with Crippen LogP contribution in [-0.2, 0) is 4.79 Å². The second kappa shape index (κ2) is 9.23. The molecule has 0 saturated carbocycles. The van der Waals surface area contributed by atoms with Crippen molar-refractivity contribution in [2.75, 3.05) is 13.2 Å². The largest absolute Gasteiger partial charge is 0.490 e. The van der Waals surface area contributed by atoms with Crippen LogP contribution >= 0.6 is 0 Å². The Morgan fingerprint density at radius 2 is 1.57 bits per heavy atom. The van der Waals surface area contributed by atoms with Gasteiger partial charge in [0.1, 0.15) is 18.1 Å². The van der Waals surface area contributed by atoms with Gasteiger partial charge in [0.15, 0.2) is 6.61 Å². The van der Waals surface area contributed by atoms with Crippen molar-refractivity contribution in [3.05, 3.63) is 84.9 Å². The van der Waals surface area contributed by atoms with Gasteiger partial charge in [-0.2, -0.15) is 0 Å². The lowest BCUT2D eigenvalue weighted by molar-refractivity contribution is -0.123. The topological polar surface area (TPSA) is 76.7 Å². The third-order valence-corrected chi connectivity index (χ3v) is 3.89. The van der Waals surface area contributed by atoms with Gasteiger partial charge in [0.2, 0.25) is 0 Å². The lowest BCUT2D eigenvalue weighted by atomic mass is 10.1. The number of hydrazine groups is 1. The highest BCUT2D eigenvalue weighted by Crippen LogP contribution is 2.20. The Balaban J connectivity index is 1.46. The maximum atomic E-state index is 12.1. The van der Waals surface area contributed by atoms with Gasteiger partial charge in [0.05, 0.1) is 0 Å². The van der Waals surface area contributed by atoms with Crippen molar-refractivity contribution in [1.29, 1.82) is 0 Å². The molecule has 0 aliphatic heterocycles. The van der Waals surface area contributed by atoms with Gasteiger partial charge in [-0.15, -0.1) is 0 Å². The number of ether oxygens (including phenoxy) is 2. The molecule has 2 amide bonds. The molecule has 28 heavy (non-hydrogen) atoms. The number of rotatable bonds is 7. The first-order valence-electron chi connectivity index (χ1n) is 8.70. The molecule has 0 saturated heterocycles. The monoisotopic (exact) mass is 376 g/mol. The highest BCUT2D eigenvalue weighted by Gasteiger charge is 2.08. The van der Waals surface area contributed by atoms with Gasteiger partial charge in [0, 0.05) is 5.56 Å². The standard InChI is InChI=1S/C22H20N2O4/c1-2-13-27-19-10-8-17(9-11-19)22(26)24-23-21(25)15-28-20-12-7-16-5-3-4-6-18(16)14-20/h2-12,14H,1,13,15H2,(H,23,25)(H,24,26). The number of carbonyl (C=O) groups excluding carboxylic acids is 2. The summed E-state index contributed by atoms with van der Waals surface area (Å²) in [5.74, 6) is 0.307. The average Bonchev–Trinajstić information content (AvgIpc) is 2.74. The van der Waals surface area contributed by atoms with E-state index in [2.05, 4.69) is 17.4 Å². The van der Waals surface area contributed by atoms with E-state index in [4.69, 9.17) is 9.47 Å². The molecule has 0 aliphatic rings. The summed E-state index contributed by atoms with van der Waals surface area (Å²) in [6, 6.07) is 20.0. The molecule has 0 aromatic heterocycles. The molecule has 0 heterocycles. The van der Waals surface area contributed by atoms with Gasteiger partial charge < -0.3 is 9.47 Å². The smallest absolute Gasteiger partial charge is 0.276 e. The van der Waals surface area contributed by atoms with Crippen molar-refractivity contribution in [1.82, 2.24) is 10.9 Å². The number of amides is 2. The highest BCUT2D eigenvalue weighted by molar-refractivity contribution is 5.95. The van der Waals surface area contributed by atoms with Crippen LogP contribution in [0.1, 0.15) is 10.4 Å². The summed E-state index contributed by atoms with van der Waals surface area (Å²) in [5, 5.41) is 2.11. The minimum Gasteiger partial charge on any atom is -0.490 e. The van der Waals surface area contributed by atoms with E-state index >= 15 is 0 Å². The van der Waals surface area contributed by atoms with Crippen molar-refractivity contribution in [3.63, 3.8) is 0 Å². The molecular formula is C22H20N2O4. The first kappa shape index (κ1) is 19.0. The zero-order chi connectivity index (χ0) is 19.8. The zero-order valence-electron chi connectivity index (χ0n) is 15.2. The maximum absolute atomic E-state index is 12.1. The van der Waals surface area contributed by atoms with E-state index in [9.17, 15) is 9.59 Å². The molecule has 0 fully saturated rings. The number of nitrogens with one attached hydrogen (secondary N) is 2. The van der Waals surface area contributed by atoms with Crippen LogP contribution in [-0.4, -0.2) is 25.0 Å². The molecule has 3 aromatic carbocycles. The van der Waals surface area contributed by atoms with Crippen LogP contribution in [0.25, 0.3) is 10.8 Å². The fourth-order valence-electron chi connectivity index (χ4n) is 2.50. The molecule has 0 radical (unpaired) electrons. The summed E-state index contributed by atoms with van der Waals surface area (Å²) in [7, 11) is 0. The van der Waals surface area contributed by atoms with Crippen LogP contribution in [0.2, 0.25) is 0 Å². The van der Waals surface area contributed by atoms with Crippen molar-refractivity contribution >= 4 is 22.6 Å². The Labute approximate surface area is 162 Å². The van der Waals surface area contributed by atoms with Gasteiger partial charge in [0.25, 0.3) is 11.8 Å². The summed E-state index contributed by atoms with van der Waals surface area (Å²) < 4.78 is 10.8. The second-order valence-electron chi connectivity index (χ2n) is 5.92. The minimum absolute atomic E-state index is 0.215. The number of fused-ring (bicyclic) bond motifs is 1. The van der Waals surface area contributed by atoms with Gasteiger partial charge in [-0.05, 0) is 47.2 Å². The van der Waals surface area contributed by atoms with Crippen molar-refractivity contribution < 1.29 is 19.1 Å². The van der Waals surface area contributed by atoms with Gasteiger partial charge in [-0.25, -0.2) is 0 Å². The number of hydrogen-bond donors (Lipinski definition) is 2. The van der Waals surface area contributed by atoms with E-state index < -0.39 is 11.8 Å². The first-order valence-corrected chi connectivity index (χ1v) is 8.70. The molecule has 3 rings (SSSR count). The molecule has 6 nitrogen and oxygen atoms in total. The number of carbonyl (C=O) groups is 2. The van der Waals surface area contributed by atoms with Gasteiger partial charge >= 0.3 is 0 Å². The zero-order valence-corrected chi connectivity index (χ0v) is 15.2. The summed E-state index contributed by atoms with van der Waals surface area (Å²) in [6.45, 7) is 3.74. The summed E-state index contributed by atoms with van der Waals surface area (Å²) in [5.41, 5.74) is 5.07. The fourth-order valence-corrected chi connectivity index (χ4v) is 2.50. The van der Waals surface area contributed by atoms with Crippen LogP contribution in [0.4, 0.5) is 0 Å². The maximum Gasteiger partial charge on any atom is 0.276 e. The predicted octanol–water partition coefficient (Wildman–Crippen LogP) is 3.24. The van der Waals surface area contributed by atoms with Crippen molar-refractivity contribution in [2.45, 2.75) is 0 Å². The van der Waals surface area contributed by atoms with E-state index in [1.165, 1.54) is 0 Å². The van der Waals surface area contributed by atoms with E-state index in [1.54, 1.807) is 36.4 Å². The Morgan fingerprint density at radius 3 is 2.32 bits per heavy atom. The first-order chi connectivity index (χ1) is 13.7. The van der Waals surface area contributed by atoms with E-state index in [0.717, 1.165) is 10.8 Å². The third kappa shape index (κ3) is 5.11. The molecule has 6 heteroatoms. The lowest BCUT2D eigenvalue weighted by Crippen LogP contribution is -2.43. The molecule has 142 valence electrons. The average molecular weight is 376 g/mol. The molecule has 0 aliphatic carbocycles. The predicted molar refractivity (Wildman–Crippen MR) is 107 cm³/mol. The Kier molecular flexibility index (Phi) is 6.25.